The summed E-state index contributed by atoms with van der Waals surface area (Å²) in [5.74, 6) is -2.07. The summed E-state index contributed by atoms with van der Waals surface area (Å²) in [4.78, 5) is 38.7. The molecule has 4 N–H and O–H groups in total. The predicted molar refractivity (Wildman–Crippen MR) is 155 cm³/mol. The van der Waals surface area contributed by atoms with Gasteiger partial charge in [0.2, 0.25) is 11.8 Å². The molecule has 2 aromatic carbocycles. The van der Waals surface area contributed by atoms with Crippen LogP contribution >= 0.6 is 23.2 Å². The van der Waals surface area contributed by atoms with Crippen LogP contribution in [0.5, 0.6) is 0 Å². The number of hydrogen-bond acceptors (Lipinski definition) is 4. The summed E-state index contributed by atoms with van der Waals surface area (Å²) in [6.45, 7) is 8.19. The van der Waals surface area contributed by atoms with E-state index in [1.165, 1.54) is 6.07 Å². The Bertz CT molecular complexity index is 1310. The summed E-state index contributed by atoms with van der Waals surface area (Å²) in [5.41, 5.74) is 0.00884. The van der Waals surface area contributed by atoms with Crippen LogP contribution in [-0.2, 0) is 15.0 Å². The molecule has 3 heterocycles. The van der Waals surface area contributed by atoms with Crippen LogP contribution in [0.15, 0.2) is 36.4 Å². The lowest BCUT2D eigenvalue weighted by Gasteiger charge is -2.38. The fourth-order valence-corrected chi connectivity index (χ4v) is 9.37. The van der Waals surface area contributed by atoms with E-state index in [2.05, 4.69) is 36.7 Å². The maximum atomic E-state index is 15.8. The lowest BCUT2D eigenvalue weighted by Crippen LogP contribution is -2.51. The van der Waals surface area contributed by atoms with Gasteiger partial charge in [-0.05, 0) is 72.6 Å². The van der Waals surface area contributed by atoms with Gasteiger partial charge >= 0.3 is 0 Å². The highest BCUT2D eigenvalue weighted by Gasteiger charge is 2.66. The molecule has 39 heavy (non-hydrogen) atoms. The zero-order chi connectivity index (χ0) is 28.3. The van der Waals surface area contributed by atoms with Crippen molar-refractivity contribution in [3.05, 3.63) is 63.4 Å². The van der Waals surface area contributed by atoms with Crippen LogP contribution < -0.4 is 16.0 Å². The van der Waals surface area contributed by atoms with Crippen LogP contribution in [0.25, 0.3) is 0 Å². The lowest BCUT2D eigenvalue weighted by molar-refractivity contribution is -0.124. The molecular weight excluding hydrogens is 556 g/mol. The van der Waals surface area contributed by atoms with E-state index in [1.54, 1.807) is 24.3 Å². The number of rotatable bonds is 4. The number of halogens is 3. The first-order valence-corrected chi connectivity index (χ1v) is 17.2. The van der Waals surface area contributed by atoms with E-state index in [1.807, 2.05) is 12.6 Å². The molecule has 10 heteroatoms. The van der Waals surface area contributed by atoms with E-state index in [-0.39, 0.29) is 33.9 Å². The first kappa shape index (κ1) is 28.6. The quantitative estimate of drug-likeness (QED) is 0.342. The van der Waals surface area contributed by atoms with Gasteiger partial charge < -0.3 is 20.7 Å². The summed E-state index contributed by atoms with van der Waals surface area (Å²) in [5, 5.41) is 10.1. The predicted octanol–water partition coefficient (Wildman–Crippen LogP) is 5.73. The van der Waals surface area contributed by atoms with Crippen LogP contribution in [0.3, 0.4) is 0 Å². The van der Waals surface area contributed by atoms with Crippen molar-refractivity contribution in [2.75, 3.05) is 5.32 Å². The summed E-state index contributed by atoms with van der Waals surface area (Å²) >= 11 is 12.6. The molecule has 5 rings (SSSR count). The molecule has 1 spiro atoms. The Morgan fingerprint density at radius 2 is 1.90 bits per heavy atom. The van der Waals surface area contributed by atoms with E-state index in [0.29, 0.717) is 35.5 Å². The Kier molecular flexibility index (Phi) is 7.42. The average Bonchev–Trinajstić information content (AvgIpc) is 3.31. The molecule has 0 bridgehead atoms. The summed E-state index contributed by atoms with van der Waals surface area (Å²) in [6, 6.07) is 9.98. The first-order chi connectivity index (χ1) is 18.2. The molecular formula is C29H36Cl2FN3O3Si. The van der Waals surface area contributed by atoms with Gasteiger partial charge in [0, 0.05) is 28.7 Å². The van der Waals surface area contributed by atoms with Crippen LogP contribution in [0.1, 0.15) is 57.1 Å². The molecule has 4 atom stereocenters. The third-order valence-corrected chi connectivity index (χ3v) is 11.9. The van der Waals surface area contributed by atoms with Crippen LogP contribution in [-0.4, -0.2) is 43.1 Å². The third-order valence-electron chi connectivity index (χ3n) is 8.63. The first-order valence-electron chi connectivity index (χ1n) is 13.6. The van der Waals surface area contributed by atoms with E-state index in [9.17, 15) is 14.4 Å². The highest BCUT2D eigenvalue weighted by atomic mass is 35.5. The van der Waals surface area contributed by atoms with Crippen LogP contribution in [0, 0.1) is 11.2 Å². The second-order valence-corrected chi connectivity index (χ2v) is 17.7. The summed E-state index contributed by atoms with van der Waals surface area (Å²) in [7, 11) is -2.21. The van der Waals surface area contributed by atoms with Gasteiger partial charge in [-0.15, -0.1) is 0 Å². The molecule has 0 unspecified atom stereocenters. The Hall–Kier alpha value is -1.97. The van der Waals surface area contributed by atoms with E-state index in [0.717, 1.165) is 12.1 Å². The SMILES string of the molecule is CC(C)(C)C[C@@H]1N[C@@H](C(=O)NC2CC[Si](C)(O)CC2)[C@H](c2cccc(Cl)c2F)[C@]12C(=O)Nc1cc(Cl)ccc12. The van der Waals surface area contributed by atoms with Crippen molar-refractivity contribution < 1.29 is 18.8 Å². The van der Waals surface area contributed by atoms with Crippen LogP contribution in [0.2, 0.25) is 28.7 Å². The molecule has 2 amide bonds. The molecule has 0 saturated carbocycles. The van der Waals surface area contributed by atoms with Crippen molar-refractivity contribution in [3.8, 4) is 0 Å². The van der Waals surface area contributed by atoms with Gasteiger partial charge in [-0.2, -0.15) is 0 Å². The Morgan fingerprint density at radius 1 is 1.21 bits per heavy atom. The number of hydrogen-bond donors (Lipinski definition) is 4. The zero-order valence-electron chi connectivity index (χ0n) is 22.7. The number of carbonyl (C=O) groups is 2. The van der Waals surface area contributed by atoms with Crippen molar-refractivity contribution in [3.63, 3.8) is 0 Å². The van der Waals surface area contributed by atoms with Gasteiger partial charge in [0.15, 0.2) is 8.32 Å². The van der Waals surface area contributed by atoms with Crippen molar-refractivity contribution in [1.82, 2.24) is 10.6 Å². The van der Waals surface area contributed by atoms with E-state index in [4.69, 9.17) is 23.2 Å². The smallest absolute Gasteiger partial charge is 0.238 e. The molecule has 3 aliphatic rings. The lowest BCUT2D eigenvalue weighted by atomic mass is 9.62. The fraction of sp³-hybridized carbons (Fsp3) is 0.517. The summed E-state index contributed by atoms with van der Waals surface area (Å²) in [6.07, 6.45) is 1.96. The van der Waals surface area contributed by atoms with Gasteiger partial charge in [-0.25, -0.2) is 4.39 Å². The summed E-state index contributed by atoms with van der Waals surface area (Å²) < 4.78 is 15.8. The molecule has 2 aromatic rings. The Labute approximate surface area is 240 Å². The fourth-order valence-electron chi connectivity index (χ4n) is 6.83. The second-order valence-electron chi connectivity index (χ2n) is 12.9. The van der Waals surface area contributed by atoms with Gasteiger partial charge in [0.25, 0.3) is 0 Å². The minimum absolute atomic E-state index is 0.0599. The monoisotopic (exact) mass is 591 g/mol. The standard InChI is InChI=1S/C29H36Cl2FN3O3Si/c1-28(2,3)15-22-29(19-9-8-16(30)14-21(19)34-27(29)37)23(18-6-5-7-20(31)24(18)32)25(35-22)26(36)33-17-10-12-39(4,38)13-11-17/h5-9,14,17,22-23,25,35,38H,10-13,15H2,1-4H3,(H,33,36)(H,34,37)/t17?,22-,23-,25+,29+,39?/m0/s1. The highest BCUT2D eigenvalue weighted by molar-refractivity contribution is 6.71. The van der Waals surface area contributed by atoms with E-state index >= 15 is 4.39 Å². The number of fused-ring (bicyclic) bond motifs is 2. The topological polar surface area (TPSA) is 90.5 Å². The molecule has 3 aliphatic heterocycles. The van der Waals surface area contributed by atoms with Crippen molar-refractivity contribution >= 4 is 49.0 Å². The van der Waals surface area contributed by atoms with Crippen molar-refractivity contribution in [2.24, 2.45) is 5.41 Å². The van der Waals surface area contributed by atoms with Crippen molar-refractivity contribution in [2.45, 2.75) is 88.1 Å². The largest absolute Gasteiger partial charge is 0.432 e. The minimum Gasteiger partial charge on any atom is -0.432 e. The maximum absolute atomic E-state index is 15.8. The maximum Gasteiger partial charge on any atom is 0.238 e. The van der Waals surface area contributed by atoms with Crippen LogP contribution in [0.4, 0.5) is 10.1 Å². The van der Waals surface area contributed by atoms with E-state index < -0.39 is 37.6 Å². The molecule has 2 saturated heterocycles. The second kappa shape index (κ2) is 10.1. The Morgan fingerprint density at radius 3 is 2.56 bits per heavy atom. The van der Waals surface area contributed by atoms with Crippen molar-refractivity contribution in [1.29, 1.82) is 0 Å². The normalized spacial score (nSPS) is 32.3. The highest BCUT2D eigenvalue weighted by Crippen LogP contribution is 2.57. The number of nitrogens with one attached hydrogen (secondary N) is 3. The number of benzene rings is 2. The minimum atomic E-state index is -2.21. The zero-order valence-corrected chi connectivity index (χ0v) is 25.2. The number of carbonyl (C=O) groups excluding carboxylic acids is 2. The molecule has 0 aliphatic carbocycles. The van der Waals surface area contributed by atoms with Gasteiger partial charge in [0.1, 0.15) is 11.2 Å². The molecule has 6 nitrogen and oxygen atoms in total. The third kappa shape index (κ3) is 5.15. The number of anilines is 1. The van der Waals surface area contributed by atoms with Gasteiger partial charge in [0.05, 0.1) is 11.1 Å². The van der Waals surface area contributed by atoms with Gasteiger partial charge in [-0.3, -0.25) is 9.59 Å². The molecule has 210 valence electrons. The van der Waals surface area contributed by atoms with Gasteiger partial charge in [-0.1, -0.05) is 62.2 Å². The average molecular weight is 593 g/mol. The molecule has 0 radical (unpaired) electrons. The molecule has 0 aromatic heterocycles. The number of amides is 2. The Balaban J connectivity index is 1.65. The molecule has 2 fully saturated rings.